The van der Waals surface area contributed by atoms with Gasteiger partial charge in [-0.3, -0.25) is 0 Å². The van der Waals surface area contributed by atoms with Crippen LogP contribution in [0.4, 0.5) is 0 Å². The van der Waals surface area contributed by atoms with Crippen molar-refractivity contribution in [2.75, 3.05) is 13.7 Å². The zero-order valence-electron chi connectivity index (χ0n) is 8.66. The highest BCUT2D eigenvalue weighted by Gasteiger charge is 2.02. The van der Waals surface area contributed by atoms with Gasteiger partial charge < -0.3 is 9.62 Å². The highest BCUT2D eigenvalue weighted by molar-refractivity contribution is 5.38. The molecule has 0 spiro atoms. The lowest BCUT2D eigenvalue weighted by Crippen LogP contribution is -2.00. The van der Waals surface area contributed by atoms with E-state index in [1.807, 2.05) is 24.3 Å². The van der Waals surface area contributed by atoms with Crippen molar-refractivity contribution in [3.8, 4) is 11.5 Å². The molecular weight excluding hydrogens is 180 g/mol. The first-order valence-corrected chi connectivity index (χ1v) is 4.81. The van der Waals surface area contributed by atoms with Crippen molar-refractivity contribution >= 4 is 0 Å². The van der Waals surface area contributed by atoms with Gasteiger partial charge in [0.2, 0.25) is 5.75 Å². The molecule has 0 atom stereocenters. The molecule has 1 rings (SSSR count). The Bertz CT molecular complexity index is 260. The molecule has 0 N–H and O–H groups in total. The summed E-state index contributed by atoms with van der Waals surface area (Å²) in [6.45, 7) is 2.71. The van der Waals surface area contributed by atoms with Crippen LogP contribution in [0.5, 0.6) is 11.5 Å². The Morgan fingerprint density at radius 3 is 2.50 bits per heavy atom. The zero-order valence-corrected chi connectivity index (χ0v) is 8.66. The van der Waals surface area contributed by atoms with Crippen molar-refractivity contribution in [2.45, 2.75) is 19.8 Å². The van der Waals surface area contributed by atoms with Crippen LogP contribution in [0, 0.1) is 0 Å². The predicted molar refractivity (Wildman–Crippen MR) is 54.5 cm³/mol. The maximum Gasteiger partial charge on any atom is 0.207 e. The third-order valence-electron chi connectivity index (χ3n) is 1.80. The summed E-state index contributed by atoms with van der Waals surface area (Å²) in [5, 5.41) is 0. The Hall–Kier alpha value is -1.22. The normalized spacial score (nSPS) is 9.86. The van der Waals surface area contributed by atoms with Gasteiger partial charge in [0.1, 0.15) is 0 Å². The van der Waals surface area contributed by atoms with Gasteiger partial charge >= 0.3 is 0 Å². The molecule has 3 heteroatoms. The lowest BCUT2D eigenvalue weighted by Gasteiger charge is -2.07. The molecule has 0 saturated carbocycles. The molecule has 0 aliphatic carbocycles. The molecule has 0 aromatic heterocycles. The molecule has 0 saturated heterocycles. The van der Waals surface area contributed by atoms with E-state index >= 15 is 0 Å². The minimum absolute atomic E-state index is 0.606. The average molecular weight is 196 g/mol. The molecule has 0 radical (unpaired) electrons. The van der Waals surface area contributed by atoms with Crippen LogP contribution in [0.2, 0.25) is 0 Å². The second-order valence-corrected chi connectivity index (χ2v) is 2.91. The number of hydrogen-bond donors (Lipinski definition) is 0. The van der Waals surface area contributed by atoms with Gasteiger partial charge in [-0.15, -0.1) is 0 Å². The molecule has 78 valence electrons. The molecule has 1 aromatic rings. The van der Waals surface area contributed by atoms with E-state index < -0.39 is 0 Å². The molecular formula is C11H16O3. The molecule has 3 nitrogen and oxygen atoms in total. The second kappa shape index (κ2) is 6.27. The Morgan fingerprint density at radius 2 is 1.86 bits per heavy atom. The summed E-state index contributed by atoms with van der Waals surface area (Å²) in [5.74, 6) is 1.30. The summed E-state index contributed by atoms with van der Waals surface area (Å²) in [4.78, 5) is 10.1. The summed E-state index contributed by atoms with van der Waals surface area (Å²) in [6, 6.07) is 7.40. The first-order chi connectivity index (χ1) is 6.88. The Balaban J connectivity index is 2.41. The fourth-order valence-electron chi connectivity index (χ4n) is 0.996. The van der Waals surface area contributed by atoms with Crippen LogP contribution in [-0.4, -0.2) is 13.7 Å². The smallest absolute Gasteiger partial charge is 0.207 e. The minimum atomic E-state index is 0.606. The maximum absolute atomic E-state index is 5.11. The molecule has 0 heterocycles. The largest absolute Gasteiger partial charge is 0.493 e. The topological polar surface area (TPSA) is 27.7 Å². The van der Waals surface area contributed by atoms with Crippen LogP contribution >= 0.6 is 0 Å². The molecule has 0 bridgehead atoms. The van der Waals surface area contributed by atoms with E-state index in [9.17, 15) is 0 Å². The Kier molecular flexibility index (Phi) is 4.86. The van der Waals surface area contributed by atoms with Gasteiger partial charge in [-0.1, -0.05) is 25.5 Å². The van der Waals surface area contributed by atoms with Crippen LogP contribution in [0.15, 0.2) is 24.3 Å². The first kappa shape index (κ1) is 10.9. The molecule has 0 unspecified atom stereocenters. The van der Waals surface area contributed by atoms with Gasteiger partial charge in [0.25, 0.3) is 0 Å². The fourth-order valence-corrected chi connectivity index (χ4v) is 0.996. The van der Waals surface area contributed by atoms with E-state index in [4.69, 9.17) is 14.5 Å². The molecule has 14 heavy (non-hydrogen) atoms. The molecule has 0 aliphatic rings. The number of unbranched alkanes of at least 4 members (excludes halogenated alkanes) is 1. The summed E-state index contributed by atoms with van der Waals surface area (Å²) in [6.07, 6.45) is 2.09. The number of benzene rings is 1. The lowest BCUT2D eigenvalue weighted by molar-refractivity contribution is -0.208. The Labute approximate surface area is 84.5 Å². The fraction of sp³-hybridized carbons (Fsp3) is 0.455. The van der Waals surface area contributed by atoms with Gasteiger partial charge in [0.15, 0.2) is 5.75 Å². The van der Waals surface area contributed by atoms with Gasteiger partial charge in [-0.05, 0) is 18.6 Å². The van der Waals surface area contributed by atoms with Crippen LogP contribution < -0.4 is 9.62 Å². The van der Waals surface area contributed by atoms with Crippen molar-refractivity contribution in [1.29, 1.82) is 0 Å². The van der Waals surface area contributed by atoms with E-state index in [0.717, 1.165) is 12.8 Å². The zero-order chi connectivity index (χ0) is 10.2. The lowest BCUT2D eigenvalue weighted by atomic mass is 10.3. The monoisotopic (exact) mass is 196 g/mol. The van der Waals surface area contributed by atoms with Crippen molar-refractivity contribution in [2.24, 2.45) is 0 Å². The quantitative estimate of drug-likeness (QED) is 0.398. The maximum atomic E-state index is 5.11. The first-order valence-electron chi connectivity index (χ1n) is 4.81. The number of methoxy groups -OCH3 is 1. The van der Waals surface area contributed by atoms with Gasteiger partial charge in [0, 0.05) is 0 Å². The van der Waals surface area contributed by atoms with Crippen LogP contribution in [-0.2, 0) is 4.89 Å². The third-order valence-corrected chi connectivity index (χ3v) is 1.80. The highest BCUT2D eigenvalue weighted by Crippen LogP contribution is 2.25. The standard InChI is InChI=1S/C11H16O3/c1-3-4-9-13-14-11-8-6-5-7-10(11)12-2/h5-8H,3-4,9H2,1-2H3. The van der Waals surface area contributed by atoms with Gasteiger partial charge in [-0.25, -0.2) is 0 Å². The Morgan fingerprint density at radius 1 is 1.14 bits per heavy atom. The van der Waals surface area contributed by atoms with Crippen molar-refractivity contribution in [1.82, 2.24) is 0 Å². The van der Waals surface area contributed by atoms with Crippen LogP contribution in [0.1, 0.15) is 19.8 Å². The SMILES string of the molecule is CCCCOOc1ccccc1OC. The summed E-state index contributed by atoms with van der Waals surface area (Å²) < 4.78 is 5.10. The van der Waals surface area contributed by atoms with E-state index in [2.05, 4.69) is 6.92 Å². The van der Waals surface area contributed by atoms with E-state index in [0.29, 0.717) is 18.1 Å². The summed E-state index contributed by atoms with van der Waals surface area (Å²) in [7, 11) is 1.61. The third kappa shape index (κ3) is 3.26. The molecule has 1 aromatic carbocycles. The average Bonchev–Trinajstić information content (AvgIpc) is 2.25. The van der Waals surface area contributed by atoms with Crippen LogP contribution in [0.25, 0.3) is 0 Å². The number of rotatable bonds is 6. The predicted octanol–water partition coefficient (Wildman–Crippen LogP) is 2.81. The number of hydrogen-bond acceptors (Lipinski definition) is 3. The van der Waals surface area contributed by atoms with Gasteiger partial charge in [-0.2, -0.15) is 4.89 Å². The van der Waals surface area contributed by atoms with Crippen LogP contribution in [0.3, 0.4) is 0 Å². The highest BCUT2D eigenvalue weighted by atomic mass is 17.2. The van der Waals surface area contributed by atoms with E-state index in [-0.39, 0.29) is 0 Å². The molecule has 0 aliphatic heterocycles. The van der Waals surface area contributed by atoms with E-state index in [1.165, 1.54) is 0 Å². The summed E-state index contributed by atoms with van der Waals surface area (Å²) >= 11 is 0. The van der Waals surface area contributed by atoms with Gasteiger partial charge in [0.05, 0.1) is 13.7 Å². The summed E-state index contributed by atoms with van der Waals surface area (Å²) in [5.41, 5.74) is 0. The van der Waals surface area contributed by atoms with Crippen molar-refractivity contribution in [3.05, 3.63) is 24.3 Å². The second-order valence-electron chi connectivity index (χ2n) is 2.91. The van der Waals surface area contributed by atoms with E-state index in [1.54, 1.807) is 7.11 Å². The minimum Gasteiger partial charge on any atom is -0.493 e. The molecule has 0 fully saturated rings. The van der Waals surface area contributed by atoms with Crippen molar-refractivity contribution in [3.63, 3.8) is 0 Å². The van der Waals surface area contributed by atoms with Crippen molar-refractivity contribution < 1.29 is 14.5 Å². The number of para-hydroxylation sites is 2. The number of ether oxygens (including phenoxy) is 1. The molecule has 0 amide bonds.